The van der Waals surface area contributed by atoms with Gasteiger partial charge in [0.15, 0.2) is 0 Å². The zero-order valence-corrected chi connectivity index (χ0v) is 16.4. The molecule has 9 heteroatoms. The van der Waals surface area contributed by atoms with E-state index in [0.717, 1.165) is 16.8 Å². The molecule has 1 aliphatic rings. The predicted octanol–water partition coefficient (Wildman–Crippen LogP) is 3.69. The van der Waals surface area contributed by atoms with Crippen molar-refractivity contribution in [3.8, 4) is 0 Å². The molecular formula is C19H21ClFN7. The first-order chi connectivity index (χ1) is 13.4. The van der Waals surface area contributed by atoms with E-state index in [-0.39, 0.29) is 12.0 Å². The maximum Gasteiger partial charge on any atom is 0.228 e. The summed E-state index contributed by atoms with van der Waals surface area (Å²) in [6.45, 7) is 4.67. The molecule has 2 aromatic heterocycles. The number of aryl methyl sites for hydroxylation is 1. The van der Waals surface area contributed by atoms with E-state index in [1.54, 1.807) is 13.0 Å². The van der Waals surface area contributed by atoms with Crippen molar-refractivity contribution in [2.45, 2.75) is 32.5 Å². The van der Waals surface area contributed by atoms with Crippen LogP contribution in [-0.2, 0) is 0 Å². The third kappa shape index (κ3) is 3.64. The first-order valence-corrected chi connectivity index (χ1v) is 9.51. The van der Waals surface area contributed by atoms with Crippen molar-refractivity contribution in [3.05, 3.63) is 40.7 Å². The van der Waals surface area contributed by atoms with E-state index in [2.05, 4.69) is 20.3 Å². The van der Waals surface area contributed by atoms with Gasteiger partial charge in [-0.25, -0.2) is 9.37 Å². The Balaban J connectivity index is 1.77. The molecule has 0 aliphatic carbocycles. The first-order valence-electron chi connectivity index (χ1n) is 9.13. The molecule has 0 amide bonds. The van der Waals surface area contributed by atoms with Gasteiger partial charge in [-0.05, 0) is 32.4 Å². The number of pyridine rings is 1. The fourth-order valence-electron chi connectivity index (χ4n) is 3.49. The minimum atomic E-state index is -0.856. The van der Waals surface area contributed by atoms with Gasteiger partial charge < -0.3 is 16.0 Å². The largest absolute Gasteiger partial charge is 0.368 e. The normalized spacial score (nSPS) is 17.9. The highest BCUT2D eigenvalue weighted by molar-refractivity contribution is 6.35. The second-order valence-electron chi connectivity index (χ2n) is 6.98. The van der Waals surface area contributed by atoms with Gasteiger partial charge in [0.1, 0.15) is 17.8 Å². The van der Waals surface area contributed by atoms with Gasteiger partial charge >= 0.3 is 0 Å². The molecule has 1 fully saturated rings. The average molecular weight is 402 g/mol. The second kappa shape index (κ2) is 7.35. The zero-order valence-electron chi connectivity index (χ0n) is 15.7. The molecule has 0 radical (unpaired) electrons. The van der Waals surface area contributed by atoms with Gasteiger partial charge in [0.05, 0.1) is 23.1 Å². The van der Waals surface area contributed by atoms with Crippen molar-refractivity contribution >= 4 is 40.2 Å². The Morgan fingerprint density at radius 3 is 2.82 bits per heavy atom. The SMILES string of the molecule is Cc1nc(N)nc(N[C@@H](C)c2cc3cccc(Cl)c3nc2N2CC[C@@H](F)C2)n1. The van der Waals surface area contributed by atoms with E-state index < -0.39 is 6.17 Å². The Labute approximate surface area is 167 Å². The number of fused-ring (bicyclic) bond motifs is 1. The number of para-hydroxylation sites is 1. The van der Waals surface area contributed by atoms with Crippen molar-refractivity contribution < 1.29 is 4.39 Å². The number of nitrogens with zero attached hydrogens (tertiary/aromatic N) is 5. The molecule has 146 valence electrons. The lowest BCUT2D eigenvalue weighted by molar-refractivity contribution is 0.364. The number of aromatic nitrogens is 4. The summed E-state index contributed by atoms with van der Waals surface area (Å²) in [5.41, 5.74) is 7.35. The quantitative estimate of drug-likeness (QED) is 0.688. The summed E-state index contributed by atoms with van der Waals surface area (Å²) in [5.74, 6) is 1.80. The third-order valence-electron chi connectivity index (χ3n) is 4.81. The van der Waals surface area contributed by atoms with Crippen LogP contribution in [0.2, 0.25) is 5.02 Å². The minimum absolute atomic E-state index is 0.158. The van der Waals surface area contributed by atoms with Crippen LogP contribution in [0.25, 0.3) is 10.9 Å². The molecular weight excluding hydrogens is 381 g/mol. The molecule has 1 aliphatic heterocycles. The molecule has 2 atom stereocenters. The van der Waals surface area contributed by atoms with Gasteiger partial charge in [0, 0.05) is 17.5 Å². The minimum Gasteiger partial charge on any atom is -0.368 e. The molecule has 3 aromatic rings. The van der Waals surface area contributed by atoms with E-state index in [4.69, 9.17) is 22.3 Å². The monoisotopic (exact) mass is 401 g/mol. The van der Waals surface area contributed by atoms with E-state index >= 15 is 0 Å². The molecule has 0 unspecified atom stereocenters. The summed E-state index contributed by atoms with van der Waals surface area (Å²) < 4.78 is 13.9. The molecule has 1 aromatic carbocycles. The average Bonchev–Trinajstić information content (AvgIpc) is 3.06. The van der Waals surface area contributed by atoms with Crippen molar-refractivity contribution in [3.63, 3.8) is 0 Å². The highest BCUT2D eigenvalue weighted by atomic mass is 35.5. The lowest BCUT2D eigenvalue weighted by atomic mass is 10.1. The highest BCUT2D eigenvalue weighted by Gasteiger charge is 2.27. The zero-order chi connectivity index (χ0) is 19.8. The lowest BCUT2D eigenvalue weighted by Gasteiger charge is -2.24. The van der Waals surface area contributed by atoms with Gasteiger partial charge in [0.25, 0.3) is 0 Å². The van der Waals surface area contributed by atoms with Crippen LogP contribution in [0, 0.1) is 6.92 Å². The van der Waals surface area contributed by atoms with Crippen LogP contribution in [0.1, 0.15) is 30.8 Å². The smallest absolute Gasteiger partial charge is 0.228 e. The molecule has 1 saturated heterocycles. The highest BCUT2D eigenvalue weighted by Crippen LogP contribution is 2.34. The van der Waals surface area contributed by atoms with Crippen LogP contribution in [0.3, 0.4) is 0 Å². The van der Waals surface area contributed by atoms with E-state index in [1.165, 1.54) is 0 Å². The summed E-state index contributed by atoms with van der Waals surface area (Å²) in [7, 11) is 0. The Bertz CT molecular complexity index is 1010. The first kappa shape index (κ1) is 18.6. The van der Waals surface area contributed by atoms with Gasteiger partial charge in [0.2, 0.25) is 11.9 Å². The van der Waals surface area contributed by atoms with Gasteiger partial charge in [-0.1, -0.05) is 23.7 Å². The molecule has 0 spiro atoms. The number of alkyl halides is 1. The second-order valence-corrected chi connectivity index (χ2v) is 7.38. The Morgan fingerprint density at radius 2 is 2.11 bits per heavy atom. The van der Waals surface area contributed by atoms with Gasteiger partial charge in [-0.2, -0.15) is 15.0 Å². The molecule has 3 N–H and O–H groups in total. The molecule has 3 heterocycles. The molecule has 7 nitrogen and oxygen atoms in total. The summed E-state index contributed by atoms with van der Waals surface area (Å²) >= 11 is 6.35. The lowest BCUT2D eigenvalue weighted by Crippen LogP contribution is -2.24. The number of nitrogens with one attached hydrogen (secondary N) is 1. The summed E-state index contributed by atoms with van der Waals surface area (Å²) in [6.07, 6.45) is -0.363. The number of hydrogen-bond acceptors (Lipinski definition) is 7. The fourth-order valence-corrected chi connectivity index (χ4v) is 3.71. The van der Waals surface area contributed by atoms with E-state index in [9.17, 15) is 4.39 Å². The molecule has 0 saturated carbocycles. The standard InChI is InChI=1S/C19H21ClFN7/c1-10(23-19-25-11(2)24-18(22)27-19)14-8-12-4-3-5-15(20)16(12)26-17(14)28-7-6-13(21)9-28/h3-5,8,10,13H,6-7,9H2,1-2H3,(H3,22,23,24,25,27)/t10-,13+/m0/s1. The summed E-state index contributed by atoms with van der Waals surface area (Å²) in [5, 5.41) is 4.75. The topological polar surface area (TPSA) is 92.8 Å². The number of anilines is 3. The third-order valence-corrected chi connectivity index (χ3v) is 5.12. The number of halogens is 2. The maximum atomic E-state index is 13.9. The summed E-state index contributed by atoms with van der Waals surface area (Å²) in [4.78, 5) is 19.2. The van der Waals surface area contributed by atoms with Crippen molar-refractivity contribution in [2.24, 2.45) is 0 Å². The van der Waals surface area contributed by atoms with Crippen LogP contribution in [0.4, 0.5) is 22.1 Å². The van der Waals surface area contributed by atoms with Crippen LogP contribution in [0.15, 0.2) is 24.3 Å². The number of benzene rings is 1. The number of rotatable bonds is 4. The van der Waals surface area contributed by atoms with Crippen molar-refractivity contribution in [1.82, 2.24) is 19.9 Å². The molecule has 4 rings (SSSR count). The predicted molar refractivity (Wildman–Crippen MR) is 109 cm³/mol. The summed E-state index contributed by atoms with van der Waals surface area (Å²) in [6, 6.07) is 7.49. The molecule has 28 heavy (non-hydrogen) atoms. The van der Waals surface area contributed by atoms with E-state index in [0.29, 0.717) is 41.8 Å². The van der Waals surface area contributed by atoms with Gasteiger partial charge in [-0.3, -0.25) is 0 Å². The number of nitrogen functional groups attached to an aromatic ring is 1. The molecule has 0 bridgehead atoms. The van der Waals surface area contributed by atoms with Crippen molar-refractivity contribution in [1.29, 1.82) is 0 Å². The Morgan fingerprint density at radius 1 is 1.29 bits per heavy atom. The maximum absolute atomic E-state index is 13.9. The number of nitrogens with two attached hydrogens (primary N) is 1. The van der Waals surface area contributed by atoms with Crippen LogP contribution >= 0.6 is 11.6 Å². The fraction of sp³-hybridized carbons (Fsp3) is 0.368. The van der Waals surface area contributed by atoms with Crippen LogP contribution in [0.5, 0.6) is 0 Å². The van der Waals surface area contributed by atoms with Crippen molar-refractivity contribution in [2.75, 3.05) is 29.0 Å². The van der Waals surface area contributed by atoms with E-state index in [1.807, 2.05) is 30.0 Å². The van der Waals surface area contributed by atoms with Crippen LogP contribution in [-0.4, -0.2) is 39.2 Å². The Hall–Kier alpha value is -2.74. The van der Waals surface area contributed by atoms with Crippen LogP contribution < -0.4 is 16.0 Å². The van der Waals surface area contributed by atoms with Gasteiger partial charge in [-0.15, -0.1) is 0 Å². The number of hydrogen-bond donors (Lipinski definition) is 2. The Kier molecular flexibility index (Phi) is 4.89.